The number of carboxylic acid groups (broad SMARTS) is 1. The molecule has 1 saturated carbocycles. The van der Waals surface area contributed by atoms with Gasteiger partial charge in [0.05, 0.1) is 48.1 Å². The number of aryl methyl sites for hydroxylation is 2. The minimum Gasteiger partial charge on any atom is -0.481 e. The average Bonchev–Trinajstić information content (AvgIpc) is 4.00. The van der Waals surface area contributed by atoms with Crippen LogP contribution >= 0.6 is 0 Å². The van der Waals surface area contributed by atoms with Crippen molar-refractivity contribution >= 4 is 51.9 Å². The van der Waals surface area contributed by atoms with E-state index in [1.807, 2.05) is 30.1 Å². The first-order valence-electron chi connectivity index (χ1n) is 22.7. The molecule has 66 heavy (non-hydrogen) atoms. The number of para-hydroxylation sites is 1. The number of halogens is 2. The molecule has 1 aromatic carbocycles. The van der Waals surface area contributed by atoms with Crippen molar-refractivity contribution in [1.82, 2.24) is 43.7 Å². The van der Waals surface area contributed by atoms with Crippen LogP contribution in [-0.2, 0) is 37.3 Å². The summed E-state index contributed by atoms with van der Waals surface area (Å²) in [7, 11) is 3.60. The number of benzene rings is 1. The van der Waals surface area contributed by atoms with Crippen molar-refractivity contribution in [3.05, 3.63) is 70.2 Å². The largest absolute Gasteiger partial charge is 0.481 e. The van der Waals surface area contributed by atoms with Gasteiger partial charge in [0.25, 0.3) is 12.3 Å². The molecule has 8 rings (SSSR count). The normalized spacial score (nSPS) is 19.8. The van der Waals surface area contributed by atoms with Crippen LogP contribution in [-0.4, -0.2) is 127 Å². The second kappa shape index (κ2) is 20.6. The van der Waals surface area contributed by atoms with Crippen molar-refractivity contribution in [2.45, 2.75) is 82.7 Å². The monoisotopic (exact) mass is 917 g/mol. The number of hydrogen-bond donors (Lipinski definition) is 3. The summed E-state index contributed by atoms with van der Waals surface area (Å²) in [6, 6.07) is 6.54. The third-order valence-corrected chi connectivity index (χ3v) is 13.1. The van der Waals surface area contributed by atoms with E-state index in [4.69, 9.17) is 9.47 Å². The van der Waals surface area contributed by atoms with Gasteiger partial charge in [-0.1, -0.05) is 12.1 Å². The molecular formula is C45H57F2N11O8. The Hall–Kier alpha value is -6.06. The lowest BCUT2D eigenvalue weighted by Crippen LogP contribution is -2.44. The zero-order chi connectivity index (χ0) is 46.5. The minimum atomic E-state index is -2.91. The van der Waals surface area contributed by atoms with Gasteiger partial charge in [-0.25, -0.2) is 23.1 Å². The van der Waals surface area contributed by atoms with Gasteiger partial charge in [0.2, 0.25) is 11.8 Å². The van der Waals surface area contributed by atoms with E-state index < -0.39 is 41.9 Å². The third kappa shape index (κ3) is 10.3. The van der Waals surface area contributed by atoms with Crippen molar-refractivity contribution in [1.29, 1.82) is 0 Å². The summed E-state index contributed by atoms with van der Waals surface area (Å²) in [5.74, 6) is -1.90. The first-order chi connectivity index (χ1) is 31.9. The number of piperidine rings is 1. The average molecular weight is 918 g/mol. The van der Waals surface area contributed by atoms with Gasteiger partial charge in [-0.05, 0) is 88.4 Å². The van der Waals surface area contributed by atoms with E-state index >= 15 is 0 Å². The van der Waals surface area contributed by atoms with Gasteiger partial charge >= 0.3 is 11.7 Å². The number of carbonyl (C=O) groups is 4. The van der Waals surface area contributed by atoms with Crippen LogP contribution < -0.4 is 21.2 Å². The zero-order valence-corrected chi connectivity index (χ0v) is 37.2. The van der Waals surface area contributed by atoms with Crippen molar-refractivity contribution in [3.63, 3.8) is 0 Å². The number of alkyl halides is 2. The number of anilines is 2. The molecule has 2 saturated heterocycles. The number of hydrogen-bond acceptors (Lipinski definition) is 12. The highest BCUT2D eigenvalue weighted by Crippen LogP contribution is 2.36. The minimum absolute atomic E-state index is 0.0610. The highest BCUT2D eigenvalue weighted by molar-refractivity contribution is 6.08. The lowest BCUT2D eigenvalue weighted by Gasteiger charge is -2.32. The summed E-state index contributed by atoms with van der Waals surface area (Å²) in [6.45, 7) is 4.39. The quantitative estimate of drug-likeness (QED) is 0.0777. The number of carbonyl (C=O) groups excluding carboxylic acids is 3. The molecule has 21 heteroatoms. The third-order valence-electron chi connectivity index (χ3n) is 13.1. The molecule has 0 bridgehead atoms. The molecule has 2 unspecified atom stereocenters. The van der Waals surface area contributed by atoms with E-state index in [1.165, 1.54) is 26.2 Å². The number of amides is 3. The Morgan fingerprint density at radius 2 is 1.83 bits per heavy atom. The summed E-state index contributed by atoms with van der Waals surface area (Å²) in [4.78, 5) is 72.0. The molecule has 0 radical (unpaired) electrons. The number of fused-ring (bicyclic) bond motifs is 2. The van der Waals surface area contributed by atoms with E-state index in [0.29, 0.717) is 114 Å². The summed E-state index contributed by atoms with van der Waals surface area (Å²) < 4.78 is 45.9. The Balaban J connectivity index is 0.771. The van der Waals surface area contributed by atoms with Crippen LogP contribution in [0.5, 0.6) is 0 Å². The smallest absolute Gasteiger partial charge is 0.329 e. The van der Waals surface area contributed by atoms with Crippen LogP contribution in [0.4, 0.5) is 20.3 Å². The number of aliphatic carboxylic acids is 1. The van der Waals surface area contributed by atoms with Crippen molar-refractivity contribution in [2.75, 3.05) is 69.9 Å². The second-order valence-electron chi connectivity index (χ2n) is 17.6. The van der Waals surface area contributed by atoms with Gasteiger partial charge in [-0.15, -0.1) is 0 Å². The van der Waals surface area contributed by atoms with E-state index in [0.717, 1.165) is 23.9 Å². The molecule has 3 amide bonds. The molecule has 5 aromatic rings. The summed E-state index contributed by atoms with van der Waals surface area (Å²) >= 11 is 0. The van der Waals surface area contributed by atoms with E-state index in [-0.39, 0.29) is 41.7 Å². The highest BCUT2D eigenvalue weighted by Gasteiger charge is 2.32. The lowest BCUT2D eigenvalue weighted by molar-refractivity contribution is -0.143. The summed E-state index contributed by atoms with van der Waals surface area (Å²) in [5.41, 5.74) is 1.91. The van der Waals surface area contributed by atoms with Crippen LogP contribution in [0, 0.1) is 11.8 Å². The molecule has 19 nitrogen and oxygen atoms in total. The Kier molecular flexibility index (Phi) is 14.5. The molecule has 2 atom stereocenters. The van der Waals surface area contributed by atoms with Gasteiger partial charge in [-0.3, -0.25) is 38.3 Å². The van der Waals surface area contributed by atoms with Crippen molar-refractivity contribution in [3.8, 4) is 0 Å². The predicted molar refractivity (Wildman–Crippen MR) is 238 cm³/mol. The summed E-state index contributed by atoms with van der Waals surface area (Å²) in [5, 5.41) is 23.5. The van der Waals surface area contributed by atoms with Crippen LogP contribution in [0.3, 0.4) is 0 Å². The molecule has 3 N–H and O–H groups in total. The van der Waals surface area contributed by atoms with E-state index in [9.17, 15) is 37.9 Å². The molecule has 3 fully saturated rings. The Morgan fingerprint density at radius 3 is 2.58 bits per heavy atom. The fourth-order valence-electron chi connectivity index (χ4n) is 9.65. The molecule has 354 valence electrons. The number of rotatable bonds is 19. The number of nitrogens with zero attached hydrogens (tertiary/aromatic N) is 9. The molecule has 6 heterocycles. The maximum absolute atomic E-state index is 14.3. The van der Waals surface area contributed by atoms with Crippen LogP contribution in [0.15, 0.2) is 47.7 Å². The van der Waals surface area contributed by atoms with Crippen molar-refractivity contribution in [2.24, 2.45) is 18.9 Å². The number of imide groups is 1. The number of carboxylic acids is 1. The highest BCUT2D eigenvalue weighted by atomic mass is 19.3. The number of aromatic nitrogens is 7. The van der Waals surface area contributed by atoms with Crippen molar-refractivity contribution < 1.29 is 42.5 Å². The van der Waals surface area contributed by atoms with Gasteiger partial charge < -0.3 is 29.7 Å². The lowest BCUT2D eigenvalue weighted by atomic mass is 9.85. The van der Waals surface area contributed by atoms with Gasteiger partial charge in [0, 0.05) is 65.3 Å². The SMILES string of the molecule is CN(CC1CCC(n2cc(NC(=O)c3cnn4ccc(N5CCOCC5)nc34)c(C(F)F)n2)CC1)CC(CCCOCCCc1cccc2c1n(C)c(=O)n2C1CCC(=O)NC1=O)C(=O)O. The number of nitrogens with one attached hydrogen (secondary N) is 2. The Bertz CT molecular complexity index is 2610. The fourth-order valence-corrected chi connectivity index (χ4v) is 9.65. The molecular weight excluding hydrogens is 861 g/mol. The molecule has 1 aliphatic carbocycles. The number of morpholine rings is 1. The molecule has 4 aromatic heterocycles. The van der Waals surface area contributed by atoms with Crippen LogP contribution in [0.25, 0.3) is 16.7 Å². The molecule has 3 aliphatic rings. The van der Waals surface area contributed by atoms with Gasteiger partial charge in [0.15, 0.2) is 11.3 Å². The van der Waals surface area contributed by atoms with Gasteiger partial charge in [0.1, 0.15) is 17.4 Å². The number of imidazole rings is 1. The van der Waals surface area contributed by atoms with E-state index in [1.54, 1.807) is 23.9 Å². The summed E-state index contributed by atoms with van der Waals surface area (Å²) in [6.07, 6.45) is 7.43. The Labute approximate surface area is 379 Å². The first kappa shape index (κ1) is 46.5. The Morgan fingerprint density at radius 1 is 1.06 bits per heavy atom. The second-order valence-corrected chi connectivity index (χ2v) is 17.6. The van der Waals surface area contributed by atoms with E-state index in [2.05, 4.69) is 30.7 Å². The molecule has 2 aliphatic heterocycles. The fraction of sp³-hybridized carbons (Fsp3) is 0.556. The molecule has 0 spiro atoms. The topological polar surface area (TPSA) is 212 Å². The van der Waals surface area contributed by atoms with Crippen LogP contribution in [0.1, 0.15) is 97.9 Å². The predicted octanol–water partition coefficient (Wildman–Crippen LogP) is 4.38. The van der Waals surface area contributed by atoms with Gasteiger partial charge in [-0.2, -0.15) is 10.2 Å². The maximum atomic E-state index is 14.3. The zero-order valence-electron chi connectivity index (χ0n) is 37.2. The first-order valence-corrected chi connectivity index (χ1v) is 22.7. The van der Waals surface area contributed by atoms with Crippen LogP contribution in [0.2, 0.25) is 0 Å². The standard InChI is InChI=1S/C45H57F2N11O8/c1-53(26-30(44(62)63)8-5-21-65-20-4-7-29-6-3-9-34-39(29)54(2)45(64)58(34)35-14-15-37(59)51-43(35)61)25-28-10-12-31(13-11-28)57-27-33(38(52-57)40(46)47)49-42(60)32-24-48-56-17-16-36(50-41(32)56)55-18-22-66-23-19-55/h3,6,9,16-17,24,27-28,30-31,35,40H,4-5,7-8,10-15,18-23,25-26H2,1-2H3,(H,49,60)(H,62,63)(H,51,59,61). The number of ether oxygens (including phenoxy) is 2. The maximum Gasteiger partial charge on any atom is 0.329 e.